The molecule has 0 saturated carbocycles. The van der Waals surface area contributed by atoms with Gasteiger partial charge in [0.15, 0.2) is 0 Å². The van der Waals surface area contributed by atoms with Gasteiger partial charge in [-0.3, -0.25) is 0 Å². The fraction of sp³-hybridized carbons (Fsp3) is 0.462. The van der Waals surface area contributed by atoms with Gasteiger partial charge in [0, 0.05) is 25.7 Å². The van der Waals surface area contributed by atoms with Crippen LogP contribution in [0.3, 0.4) is 0 Å². The molecule has 0 amide bonds. The minimum atomic E-state index is -4.70. The van der Waals surface area contributed by atoms with Crippen LogP contribution in [-0.2, 0) is 16.2 Å². The van der Waals surface area contributed by atoms with Crippen LogP contribution in [0.15, 0.2) is 23.1 Å². The molecule has 1 heterocycles. The van der Waals surface area contributed by atoms with Gasteiger partial charge in [0.25, 0.3) is 0 Å². The average Bonchev–Trinajstić information content (AvgIpc) is 2.45. The van der Waals surface area contributed by atoms with Crippen molar-refractivity contribution in [3.8, 4) is 6.07 Å². The van der Waals surface area contributed by atoms with E-state index in [1.807, 2.05) is 6.92 Å². The van der Waals surface area contributed by atoms with Crippen LogP contribution in [-0.4, -0.2) is 38.4 Å². The van der Waals surface area contributed by atoms with Gasteiger partial charge in [0.2, 0.25) is 10.0 Å². The van der Waals surface area contributed by atoms with E-state index in [1.165, 1.54) is 10.4 Å². The molecular weight excluding hydrogens is 355 g/mol. The van der Waals surface area contributed by atoms with E-state index in [-0.39, 0.29) is 36.4 Å². The Labute approximate surface area is 138 Å². The number of rotatable bonds is 2. The molecular formula is C13H15ClF3N3O2S. The Morgan fingerprint density at radius 1 is 1.39 bits per heavy atom. The van der Waals surface area contributed by atoms with Crippen LogP contribution in [0.4, 0.5) is 13.2 Å². The van der Waals surface area contributed by atoms with Gasteiger partial charge in [-0.15, -0.1) is 12.4 Å². The molecule has 23 heavy (non-hydrogen) atoms. The number of hydrogen-bond donors (Lipinski definition) is 1. The SMILES string of the molecule is CC1CN(S(=O)(=O)c2ccc(C(F)(F)F)c(C#N)c2)CCN1.Cl. The van der Waals surface area contributed by atoms with Gasteiger partial charge in [-0.05, 0) is 25.1 Å². The molecule has 0 bridgehead atoms. The molecule has 1 saturated heterocycles. The second-order valence-corrected chi connectivity index (χ2v) is 6.97. The van der Waals surface area contributed by atoms with E-state index < -0.39 is 27.3 Å². The van der Waals surface area contributed by atoms with Gasteiger partial charge >= 0.3 is 6.18 Å². The van der Waals surface area contributed by atoms with Crippen LogP contribution < -0.4 is 5.32 Å². The molecule has 0 aromatic heterocycles. The van der Waals surface area contributed by atoms with Crippen molar-refractivity contribution < 1.29 is 21.6 Å². The molecule has 0 radical (unpaired) electrons. The summed E-state index contributed by atoms with van der Waals surface area (Å²) in [5.74, 6) is 0. The van der Waals surface area contributed by atoms with Gasteiger partial charge in [-0.1, -0.05) is 0 Å². The van der Waals surface area contributed by atoms with Gasteiger partial charge in [0.1, 0.15) is 0 Å². The van der Waals surface area contributed by atoms with Crippen LogP contribution in [0, 0.1) is 11.3 Å². The first-order chi connectivity index (χ1) is 10.2. The minimum absolute atomic E-state index is 0. The predicted molar refractivity (Wildman–Crippen MR) is 79.6 cm³/mol. The maximum absolute atomic E-state index is 12.8. The lowest BCUT2D eigenvalue weighted by molar-refractivity contribution is -0.137. The molecule has 0 spiro atoms. The molecule has 128 valence electrons. The second kappa shape index (κ2) is 7.05. The smallest absolute Gasteiger partial charge is 0.312 e. The van der Waals surface area contributed by atoms with Gasteiger partial charge in [-0.2, -0.15) is 22.7 Å². The predicted octanol–water partition coefficient (Wildman–Crippen LogP) is 1.98. The Kier molecular flexibility index (Phi) is 6.04. The highest BCUT2D eigenvalue weighted by atomic mass is 35.5. The van der Waals surface area contributed by atoms with Crippen LogP contribution in [0.1, 0.15) is 18.1 Å². The molecule has 1 N–H and O–H groups in total. The fourth-order valence-electron chi connectivity index (χ4n) is 2.29. The number of sulfonamides is 1. The lowest BCUT2D eigenvalue weighted by atomic mass is 10.1. The van der Waals surface area contributed by atoms with Crippen molar-refractivity contribution in [1.82, 2.24) is 9.62 Å². The van der Waals surface area contributed by atoms with Crippen LogP contribution in [0.25, 0.3) is 0 Å². The largest absolute Gasteiger partial charge is 0.417 e. The molecule has 1 aromatic carbocycles. The monoisotopic (exact) mass is 369 g/mol. The lowest BCUT2D eigenvalue weighted by Gasteiger charge is -2.31. The van der Waals surface area contributed by atoms with Crippen molar-refractivity contribution in [2.24, 2.45) is 0 Å². The molecule has 1 aliphatic rings. The van der Waals surface area contributed by atoms with E-state index in [0.717, 1.165) is 12.1 Å². The molecule has 1 fully saturated rings. The van der Waals surface area contributed by atoms with E-state index >= 15 is 0 Å². The highest BCUT2D eigenvalue weighted by molar-refractivity contribution is 7.89. The molecule has 1 aliphatic heterocycles. The van der Waals surface area contributed by atoms with E-state index in [9.17, 15) is 21.6 Å². The number of hydrogen-bond acceptors (Lipinski definition) is 4. The third-order valence-electron chi connectivity index (χ3n) is 3.39. The molecule has 1 aromatic rings. The third-order valence-corrected chi connectivity index (χ3v) is 5.25. The van der Waals surface area contributed by atoms with Crippen molar-refractivity contribution in [1.29, 1.82) is 5.26 Å². The molecule has 10 heteroatoms. The van der Waals surface area contributed by atoms with E-state index in [2.05, 4.69) is 5.32 Å². The van der Waals surface area contributed by atoms with E-state index in [0.29, 0.717) is 12.6 Å². The van der Waals surface area contributed by atoms with E-state index in [4.69, 9.17) is 5.26 Å². The Morgan fingerprint density at radius 3 is 2.57 bits per heavy atom. The first-order valence-corrected chi connectivity index (χ1v) is 7.95. The topological polar surface area (TPSA) is 73.2 Å². The van der Waals surface area contributed by atoms with Crippen molar-refractivity contribution >= 4 is 22.4 Å². The number of piperazine rings is 1. The highest BCUT2D eigenvalue weighted by Gasteiger charge is 2.35. The normalized spacial score (nSPS) is 19.7. The highest BCUT2D eigenvalue weighted by Crippen LogP contribution is 2.33. The summed E-state index contributed by atoms with van der Waals surface area (Å²) in [6.45, 7) is 2.74. The summed E-state index contributed by atoms with van der Waals surface area (Å²) in [5, 5.41) is 11.9. The first kappa shape index (κ1) is 19.7. The third kappa shape index (κ3) is 4.14. The van der Waals surface area contributed by atoms with Crippen molar-refractivity contribution in [3.63, 3.8) is 0 Å². The second-order valence-electron chi connectivity index (χ2n) is 5.04. The minimum Gasteiger partial charge on any atom is -0.312 e. The number of halogens is 4. The zero-order chi connectivity index (χ0) is 16.5. The van der Waals surface area contributed by atoms with Crippen LogP contribution in [0.5, 0.6) is 0 Å². The Balaban J connectivity index is 0.00000264. The quantitative estimate of drug-likeness (QED) is 0.865. The van der Waals surface area contributed by atoms with Crippen molar-refractivity contribution in [2.45, 2.75) is 24.0 Å². The number of nitrogens with one attached hydrogen (secondary N) is 1. The molecule has 0 aliphatic carbocycles. The summed E-state index contributed by atoms with van der Waals surface area (Å²) >= 11 is 0. The summed E-state index contributed by atoms with van der Waals surface area (Å²) in [7, 11) is -3.91. The van der Waals surface area contributed by atoms with Gasteiger partial charge in [-0.25, -0.2) is 8.42 Å². The fourth-order valence-corrected chi connectivity index (χ4v) is 3.84. The van der Waals surface area contributed by atoms with Crippen LogP contribution in [0.2, 0.25) is 0 Å². The lowest BCUT2D eigenvalue weighted by Crippen LogP contribution is -2.51. The summed E-state index contributed by atoms with van der Waals surface area (Å²) in [5.41, 5.74) is -1.83. The number of alkyl halides is 3. The Bertz CT molecular complexity index is 716. The Hall–Kier alpha value is -1.34. The van der Waals surface area contributed by atoms with Crippen LogP contribution >= 0.6 is 12.4 Å². The zero-order valence-electron chi connectivity index (χ0n) is 12.1. The summed E-state index contributed by atoms with van der Waals surface area (Å²) in [4.78, 5) is -0.300. The van der Waals surface area contributed by atoms with E-state index in [1.54, 1.807) is 0 Å². The summed E-state index contributed by atoms with van der Waals surface area (Å²) < 4.78 is 64.4. The van der Waals surface area contributed by atoms with Crippen molar-refractivity contribution in [3.05, 3.63) is 29.3 Å². The van der Waals surface area contributed by atoms with Gasteiger partial charge < -0.3 is 5.32 Å². The summed E-state index contributed by atoms with van der Waals surface area (Å²) in [6.07, 6.45) is -4.70. The number of nitrogens with zero attached hydrogens (tertiary/aromatic N) is 2. The van der Waals surface area contributed by atoms with Gasteiger partial charge in [0.05, 0.1) is 22.1 Å². The maximum atomic E-state index is 12.8. The molecule has 1 atom stereocenters. The standard InChI is InChI=1S/C13H14F3N3O2S.ClH/c1-9-8-19(5-4-18-9)22(20,21)11-2-3-12(13(14,15)16)10(6-11)7-17;/h2-3,6,9,18H,4-5,8H2,1H3;1H. The average molecular weight is 370 g/mol. The molecule has 2 rings (SSSR count). The number of benzene rings is 1. The van der Waals surface area contributed by atoms with Crippen molar-refractivity contribution in [2.75, 3.05) is 19.6 Å². The number of nitriles is 1. The summed E-state index contributed by atoms with van der Waals surface area (Å²) in [6, 6.07) is 3.68. The maximum Gasteiger partial charge on any atom is 0.417 e. The zero-order valence-corrected chi connectivity index (χ0v) is 13.7. The molecule has 5 nitrogen and oxygen atoms in total. The first-order valence-electron chi connectivity index (χ1n) is 6.51. The molecule has 1 unspecified atom stereocenters. The Morgan fingerprint density at radius 2 is 2.04 bits per heavy atom.